The van der Waals surface area contributed by atoms with Crippen LogP contribution in [0.2, 0.25) is 0 Å². The van der Waals surface area contributed by atoms with Crippen molar-refractivity contribution in [1.82, 2.24) is 5.32 Å². The first kappa shape index (κ1) is 24.9. The Kier molecular flexibility index (Phi) is 8.81. The van der Waals surface area contributed by atoms with Gasteiger partial charge in [-0.05, 0) is 69.0 Å². The topological polar surface area (TPSA) is 93.7 Å². The molecule has 2 atom stereocenters. The van der Waals surface area contributed by atoms with Gasteiger partial charge in [0.15, 0.2) is 6.10 Å². The first-order valence-corrected chi connectivity index (χ1v) is 10.7. The van der Waals surface area contributed by atoms with E-state index in [9.17, 15) is 14.4 Å². The lowest BCUT2D eigenvalue weighted by Crippen LogP contribution is -2.47. The zero-order chi connectivity index (χ0) is 23.8. The minimum absolute atomic E-state index is 0.233. The monoisotopic (exact) mass is 440 g/mol. The summed E-state index contributed by atoms with van der Waals surface area (Å²) in [6.45, 7) is 11.3. The van der Waals surface area contributed by atoms with Crippen molar-refractivity contribution >= 4 is 23.5 Å². The van der Waals surface area contributed by atoms with Gasteiger partial charge in [0.25, 0.3) is 11.8 Å². The minimum Gasteiger partial charge on any atom is -0.494 e. The quantitative estimate of drug-likeness (QED) is 0.574. The van der Waals surface area contributed by atoms with Crippen LogP contribution in [0, 0.1) is 19.8 Å². The van der Waals surface area contributed by atoms with E-state index in [4.69, 9.17) is 9.47 Å². The van der Waals surface area contributed by atoms with Crippen LogP contribution in [0.15, 0.2) is 42.5 Å². The summed E-state index contributed by atoms with van der Waals surface area (Å²) in [5.74, 6) is -1.08. The van der Waals surface area contributed by atoms with Gasteiger partial charge in [-0.15, -0.1) is 0 Å². The van der Waals surface area contributed by atoms with Gasteiger partial charge in [0, 0.05) is 11.3 Å². The highest BCUT2D eigenvalue weighted by atomic mass is 16.5. The minimum atomic E-state index is -1.02. The summed E-state index contributed by atoms with van der Waals surface area (Å²) in [6, 6.07) is 11.4. The lowest BCUT2D eigenvalue weighted by atomic mass is 10.0. The summed E-state index contributed by atoms with van der Waals surface area (Å²) in [5.41, 5.74) is 2.93. The number of anilines is 1. The zero-order valence-corrected chi connectivity index (χ0v) is 19.5. The fourth-order valence-corrected chi connectivity index (χ4v) is 3.13. The summed E-state index contributed by atoms with van der Waals surface area (Å²) in [5, 5.41) is 5.53. The Hall–Kier alpha value is -3.35. The van der Waals surface area contributed by atoms with Gasteiger partial charge in [-0.2, -0.15) is 0 Å². The van der Waals surface area contributed by atoms with Crippen LogP contribution >= 0.6 is 0 Å². The Balaban J connectivity index is 2.02. The van der Waals surface area contributed by atoms with Gasteiger partial charge in [0.05, 0.1) is 6.61 Å². The fraction of sp³-hybridized carbons (Fsp3) is 0.400. The maximum atomic E-state index is 12.8. The molecule has 0 aliphatic carbocycles. The first-order chi connectivity index (χ1) is 15.1. The van der Waals surface area contributed by atoms with Crippen LogP contribution in [0.5, 0.6) is 5.75 Å². The van der Waals surface area contributed by atoms with Crippen LogP contribution in [-0.4, -0.2) is 36.5 Å². The molecule has 0 aliphatic rings. The number of amides is 2. The molecule has 7 heteroatoms. The van der Waals surface area contributed by atoms with Gasteiger partial charge in [0.2, 0.25) is 0 Å². The highest BCUT2D eigenvalue weighted by Crippen LogP contribution is 2.20. The molecule has 0 saturated heterocycles. The van der Waals surface area contributed by atoms with Crippen molar-refractivity contribution in [2.24, 2.45) is 5.92 Å². The molecule has 2 rings (SSSR count). The number of esters is 1. The smallest absolute Gasteiger partial charge is 0.329 e. The SMILES string of the molecule is CCOc1ccc(C(=O)N[C@H](C(=O)O[C@H](C)C(=O)Nc2c(C)cccc2C)C(C)C)cc1. The van der Waals surface area contributed by atoms with E-state index in [1.54, 1.807) is 38.1 Å². The second-order valence-electron chi connectivity index (χ2n) is 7.99. The number of para-hydroxylation sites is 1. The number of hydrogen-bond acceptors (Lipinski definition) is 5. The van der Waals surface area contributed by atoms with Gasteiger partial charge in [0.1, 0.15) is 11.8 Å². The number of ether oxygens (including phenoxy) is 2. The predicted octanol–water partition coefficient (Wildman–Crippen LogP) is 4.03. The molecule has 32 heavy (non-hydrogen) atoms. The molecule has 2 N–H and O–H groups in total. The second kappa shape index (κ2) is 11.3. The van der Waals surface area contributed by atoms with E-state index in [0.29, 0.717) is 23.6 Å². The Bertz CT molecular complexity index is 933. The summed E-state index contributed by atoms with van der Waals surface area (Å²) < 4.78 is 10.8. The van der Waals surface area contributed by atoms with Gasteiger partial charge in [-0.3, -0.25) is 9.59 Å². The van der Waals surface area contributed by atoms with E-state index in [1.807, 2.05) is 39.0 Å². The van der Waals surface area contributed by atoms with Gasteiger partial charge in [-0.25, -0.2) is 4.79 Å². The van der Waals surface area contributed by atoms with Gasteiger partial charge in [-0.1, -0.05) is 32.0 Å². The van der Waals surface area contributed by atoms with E-state index in [1.165, 1.54) is 6.92 Å². The number of aryl methyl sites for hydroxylation is 2. The molecule has 0 unspecified atom stereocenters. The third-order valence-corrected chi connectivity index (χ3v) is 5.03. The molecule has 0 saturated carbocycles. The number of nitrogens with one attached hydrogen (secondary N) is 2. The summed E-state index contributed by atoms with van der Waals surface area (Å²) in [7, 11) is 0. The standard InChI is InChI=1S/C25H32N2O5/c1-7-31-20-13-11-19(12-14-20)24(29)26-21(15(2)3)25(30)32-18(6)23(28)27-22-16(4)9-8-10-17(22)5/h8-15,18,21H,7H2,1-6H3,(H,26,29)(H,27,28)/t18-,21+/m1/s1. The largest absolute Gasteiger partial charge is 0.494 e. The van der Waals surface area contributed by atoms with Crippen LogP contribution in [-0.2, 0) is 14.3 Å². The van der Waals surface area contributed by atoms with Crippen molar-refractivity contribution in [3.05, 3.63) is 59.2 Å². The molecule has 2 aromatic rings. The van der Waals surface area contributed by atoms with Crippen molar-refractivity contribution in [2.45, 2.75) is 53.7 Å². The van der Waals surface area contributed by atoms with E-state index < -0.39 is 29.9 Å². The molecular weight excluding hydrogens is 408 g/mol. The first-order valence-electron chi connectivity index (χ1n) is 10.7. The molecule has 0 fully saturated rings. The van der Waals surface area contributed by atoms with Gasteiger partial charge < -0.3 is 20.1 Å². The second-order valence-corrected chi connectivity index (χ2v) is 7.99. The van der Waals surface area contributed by atoms with Crippen LogP contribution in [0.25, 0.3) is 0 Å². The number of benzene rings is 2. The van der Waals surface area contributed by atoms with E-state index in [0.717, 1.165) is 11.1 Å². The van der Waals surface area contributed by atoms with Crippen molar-refractivity contribution in [3.8, 4) is 5.75 Å². The van der Waals surface area contributed by atoms with Crippen molar-refractivity contribution in [2.75, 3.05) is 11.9 Å². The van der Waals surface area contributed by atoms with Crippen LogP contribution in [0.4, 0.5) is 5.69 Å². The molecule has 0 aliphatic heterocycles. The lowest BCUT2D eigenvalue weighted by Gasteiger charge is -2.23. The molecule has 172 valence electrons. The molecule has 0 spiro atoms. The molecule has 7 nitrogen and oxygen atoms in total. The molecule has 0 radical (unpaired) electrons. The molecule has 2 aromatic carbocycles. The zero-order valence-electron chi connectivity index (χ0n) is 19.5. The molecule has 0 aromatic heterocycles. The van der Waals surface area contributed by atoms with E-state index >= 15 is 0 Å². The molecule has 0 heterocycles. The van der Waals surface area contributed by atoms with E-state index in [2.05, 4.69) is 10.6 Å². The van der Waals surface area contributed by atoms with Crippen LogP contribution in [0.1, 0.15) is 49.2 Å². The molecule has 0 bridgehead atoms. The average molecular weight is 441 g/mol. The van der Waals surface area contributed by atoms with Crippen molar-refractivity contribution in [1.29, 1.82) is 0 Å². The van der Waals surface area contributed by atoms with Crippen molar-refractivity contribution < 1.29 is 23.9 Å². The van der Waals surface area contributed by atoms with Crippen LogP contribution < -0.4 is 15.4 Å². The Morgan fingerprint density at radius 3 is 2.06 bits per heavy atom. The lowest BCUT2D eigenvalue weighted by molar-refractivity contribution is -0.156. The number of carbonyl (C=O) groups is 3. The number of carbonyl (C=O) groups excluding carboxylic acids is 3. The Labute approximate surface area is 189 Å². The average Bonchev–Trinajstić information content (AvgIpc) is 2.74. The summed E-state index contributed by atoms with van der Waals surface area (Å²) in [4.78, 5) is 38.0. The van der Waals surface area contributed by atoms with E-state index in [-0.39, 0.29) is 5.92 Å². The Morgan fingerprint density at radius 1 is 0.938 bits per heavy atom. The number of rotatable bonds is 9. The van der Waals surface area contributed by atoms with Crippen molar-refractivity contribution in [3.63, 3.8) is 0 Å². The molecular formula is C25H32N2O5. The number of hydrogen-bond donors (Lipinski definition) is 2. The van der Waals surface area contributed by atoms with Crippen LogP contribution in [0.3, 0.4) is 0 Å². The normalized spacial score (nSPS) is 12.6. The summed E-state index contributed by atoms with van der Waals surface area (Å²) in [6.07, 6.45) is -1.02. The highest BCUT2D eigenvalue weighted by Gasteiger charge is 2.29. The fourth-order valence-electron chi connectivity index (χ4n) is 3.13. The maximum Gasteiger partial charge on any atom is 0.329 e. The Morgan fingerprint density at radius 2 is 1.53 bits per heavy atom. The summed E-state index contributed by atoms with van der Waals surface area (Å²) >= 11 is 0. The third-order valence-electron chi connectivity index (χ3n) is 5.03. The molecule has 2 amide bonds. The highest BCUT2D eigenvalue weighted by molar-refractivity contribution is 5.98. The van der Waals surface area contributed by atoms with Gasteiger partial charge >= 0.3 is 5.97 Å². The maximum absolute atomic E-state index is 12.8. The predicted molar refractivity (Wildman–Crippen MR) is 124 cm³/mol. The third kappa shape index (κ3) is 6.57.